The Hall–Kier alpha value is -2.83. The predicted octanol–water partition coefficient (Wildman–Crippen LogP) is 2.75. The van der Waals surface area contributed by atoms with Crippen molar-refractivity contribution in [3.63, 3.8) is 0 Å². The standard InChI is InChI=1S/C19H23N3O4/c1-14(23)25-11-10-22-18-9-5-8-17(16(18)12-20-22)21-19(24)26-13-15-6-3-2-4-7-15/h2-4,6-7,12,17H,5,8-11,13H2,1H3,(H,21,24). The van der Waals surface area contributed by atoms with Gasteiger partial charge in [0.15, 0.2) is 0 Å². The minimum Gasteiger partial charge on any atom is -0.464 e. The Morgan fingerprint density at radius 3 is 2.85 bits per heavy atom. The second kappa shape index (κ2) is 8.51. The minimum atomic E-state index is -0.431. The van der Waals surface area contributed by atoms with Crippen LogP contribution in [0, 0.1) is 0 Å². The molecule has 0 saturated carbocycles. The Morgan fingerprint density at radius 2 is 2.08 bits per heavy atom. The lowest BCUT2D eigenvalue weighted by Crippen LogP contribution is -2.31. The van der Waals surface area contributed by atoms with Gasteiger partial charge in [-0.1, -0.05) is 30.3 Å². The number of aromatic nitrogens is 2. The Kier molecular flexibility index (Phi) is 5.88. The summed E-state index contributed by atoms with van der Waals surface area (Å²) in [5.41, 5.74) is 3.04. The van der Waals surface area contributed by atoms with Gasteiger partial charge < -0.3 is 14.8 Å². The zero-order valence-corrected chi connectivity index (χ0v) is 14.8. The molecule has 2 aromatic rings. The van der Waals surface area contributed by atoms with Crippen molar-refractivity contribution in [2.24, 2.45) is 0 Å². The van der Waals surface area contributed by atoms with E-state index >= 15 is 0 Å². The molecule has 0 fully saturated rings. The van der Waals surface area contributed by atoms with E-state index in [0.29, 0.717) is 13.2 Å². The molecular weight excluding hydrogens is 334 g/mol. The van der Waals surface area contributed by atoms with Gasteiger partial charge in [0, 0.05) is 18.2 Å². The quantitative estimate of drug-likeness (QED) is 0.804. The first-order valence-corrected chi connectivity index (χ1v) is 8.78. The topological polar surface area (TPSA) is 82.5 Å². The number of hydrogen-bond donors (Lipinski definition) is 1. The molecule has 1 amide bonds. The number of alkyl carbamates (subject to hydrolysis) is 1. The van der Waals surface area contributed by atoms with Crippen LogP contribution in [0.15, 0.2) is 36.5 Å². The summed E-state index contributed by atoms with van der Waals surface area (Å²) < 4.78 is 12.1. The van der Waals surface area contributed by atoms with Crippen molar-refractivity contribution in [2.45, 2.75) is 45.4 Å². The molecule has 0 aliphatic heterocycles. The minimum absolute atomic E-state index is 0.107. The summed E-state index contributed by atoms with van der Waals surface area (Å²) in [7, 11) is 0. The molecule has 0 spiro atoms. The molecule has 1 aliphatic carbocycles. The second-order valence-corrected chi connectivity index (χ2v) is 6.26. The Morgan fingerprint density at radius 1 is 1.27 bits per heavy atom. The maximum atomic E-state index is 12.1. The van der Waals surface area contributed by atoms with E-state index < -0.39 is 6.09 Å². The van der Waals surface area contributed by atoms with E-state index in [1.807, 2.05) is 35.0 Å². The van der Waals surface area contributed by atoms with Crippen LogP contribution in [0.5, 0.6) is 0 Å². The van der Waals surface area contributed by atoms with Gasteiger partial charge in [0.2, 0.25) is 0 Å². The molecule has 7 nitrogen and oxygen atoms in total. The number of amides is 1. The van der Waals surface area contributed by atoms with Crippen LogP contribution in [0.1, 0.15) is 42.6 Å². The molecule has 26 heavy (non-hydrogen) atoms. The third kappa shape index (κ3) is 4.62. The molecule has 0 saturated heterocycles. The van der Waals surface area contributed by atoms with Crippen LogP contribution in [0.3, 0.4) is 0 Å². The number of carbonyl (C=O) groups excluding carboxylic acids is 2. The normalized spacial score (nSPS) is 15.8. The van der Waals surface area contributed by atoms with Crippen molar-refractivity contribution >= 4 is 12.1 Å². The highest BCUT2D eigenvalue weighted by Gasteiger charge is 2.26. The highest BCUT2D eigenvalue weighted by molar-refractivity contribution is 5.68. The van der Waals surface area contributed by atoms with Gasteiger partial charge in [0.05, 0.1) is 18.8 Å². The van der Waals surface area contributed by atoms with Crippen LogP contribution in [0.4, 0.5) is 4.79 Å². The molecule has 0 radical (unpaired) electrons. The number of fused-ring (bicyclic) bond motifs is 1. The van der Waals surface area contributed by atoms with Crippen LogP contribution in [-0.4, -0.2) is 28.4 Å². The lowest BCUT2D eigenvalue weighted by molar-refractivity contribution is -0.141. The molecule has 138 valence electrons. The lowest BCUT2D eigenvalue weighted by Gasteiger charge is -2.24. The molecular formula is C19H23N3O4. The summed E-state index contributed by atoms with van der Waals surface area (Å²) in [6.07, 6.45) is 4.05. The van der Waals surface area contributed by atoms with Crippen LogP contribution in [0.25, 0.3) is 0 Å². The number of hydrogen-bond acceptors (Lipinski definition) is 5. The van der Waals surface area contributed by atoms with Gasteiger partial charge in [0.25, 0.3) is 0 Å². The second-order valence-electron chi connectivity index (χ2n) is 6.26. The largest absolute Gasteiger partial charge is 0.464 e. The van der Waals surface area contributed by atoms with Crippen LogP contribution in [0.2, 0.25) is 0 Å². The highest BCUT2D eigenvalue weighted by Crippen LogP contribution is 2.29. The fraction of sp³-hybridized carbons (Fsp3) is 0.421. The van der Waals surface area contributed by atoms with Gasteiger partial charge >= 0.3 is 12.1 Å². The van der Waals surface area contributed by atoms with E-state index in [2.05, 4.69) is 10.4 Å². The molecule has 1 N–H and O–H groups in total. The fourth-order valence-corrected chi connectivity index (χ4v) is 3.14. The SMILES string of the molecule is CC(=O)OCCn1ncc2c1CCCC2NC(=O)OCc1ccccc1. The number of nitrogens with one attached hydrogen (secondary N) is 1. The summed E-state index contributed by atoms with van der Waals surface area (Å²) in [4.78, 5) is 23.0. The molecule has 1 unspecified atom stereocenters. The molecule has 1 aromatic heterocycles. The van der Waals surface area contributed by atoms with Gasteiger partial charge in [-0.05, 0) is 24.8 Å². The summed E-state index contributed by atoms with van der Waals surface area (Å²) in [5.74, 6) is -0.299. The lowest BCUT2D eigenvalue weighted by atomic mass is 9.93. The Labute approximate surface area is 152 Å². The van der Waals surface area contributed by atoms with Crippen LogP contribution in [-0.2, 0) is 33.8 Å². The van der Waals surface area contributed by atoms with Gasteiger partial charge in [-0.25, -0.2) is 4.79 Å². The van der Waals surface area contributed by atoms with Crippen molar-refractivity contribution < 1.29 is 19.1 Å². The van der Waals surface area contributed by atoms with Gasteiger partial charge in [-0.2, -0.15) is 5.10 Å². The number of carbonyl (C=O) groups is 2. The molecule has 3 rings (SSSR count). The number of benzene rings is 1. The van der Waals surface area contributed by atoms with E-state index in [0.717, 1.165) is 36.1 Å². The van der Waals surface area contributed by atoms with Gasteiger partial charge in [-0.3, -0.25) is 9.48 Å². The van der Waals surface area contributed by atoms with E-state index in [1.165, 1.54) is 6.92 Å². The van der Waals surface area contributed by atoms with E-state index in [1.54, 1.807) is 6.20 Å². The summed E-state index contributed by atoms with van der Waals surface area (Å²) >= 11 is 0. The molecule has 0 bridgehead atoms. The van der Waals surface area contributed by atoms with Crippen LogP contribution < -0.4 is 5.32 Å². The molecule has 7 heteroatoms. The molecule has 1 aromatic carbocycles. The predicted molar refractivity (Wildman–Crippen MR) is 94.3 cm³/mol. The number of rotatable bonds is 6. The van der Waals surface area contributed by atoms with E-state index in [9.17, 15) is 9.59 Å². The van der Waals surface area contributed by atoms with E-state index in [-0.39, 0.29) is 18.6 Å². The zero-order chi connectivity index (χ0) is 18.4. The number of esters is 1. The monoisotopic (exact) mass is 357 g/mol. The average Bonchev–Trinajstić information content (AvgIpc) is 3.05. The van der Waals surface area contributed by atoms with E-state index in [4.69, 9.17) is 9.47 Å². The summed E-state index contributed by atoms with van der Waals surface area (Å²) in [6, 6.07) is 9.47. The fourth-order valence-electron chi connectivity index (χ4n) is 3.14. The number of nitrogens with zero attached hydrogens (tertiary/aromatic N) is 2. The number of ether oxygens (including phenoxy) is 2. The first-order chi connectivity index (χ1) is 12.6. The zero-order valence-electron chi connectivity index (χ0n) is 14.8. The first-order valence-electron chi connectivity index (χ1n) is 8.78. The average molecular weight is 357 g/mol. The van der Waals surface area contributed by atoms with Crippen molar-refractivity contribution in [1.29, 1.82) is 0 Å². The molecule has 1 aliphatic rings. The van der Waals surface area contributed by atoms with Crippen molar-refractivity contribution in [3.8, 4) is 0 Å². The first kappa shape index (κ1) is 18.0. The third-order valence-electron chi connectivity index (χ3n) is 4.38. The maximum Gasteiger partial charge on any atom is 0.407 e. The van der Waals surface area contributed by atoms with Crippen molar-refractivity contribution in [2.75, 3.05) is 6.61 Å². The Bertz CT molecular complexity index is 757. The van der Waals surface area contributed by atoms with Crippen molar-refractivity contribution in [3.05, 3.63) is 53.3 Å². The summed E-state index contributed by atoms with van der Waals surface area (Å²) in [6.45, 7) is 2.44. The third-order valence-corrected chi connectivity index (χ3v) is 4.38. The Balaban J connectivity index is 1.56. The maximum absolute atomic E-state index is 12.1. The smallest absolute Gasteiger partial charge is 0.407 e. The van der Waals surface area contributed by atoms with Crippen molar-refractivity contribution in [1.82, 2.24) is 15.1 Å². The molecule has 1 heterocycles. The van der Waals surface area contributed by atoms with Gasteiger partial charge in [0.1, 0.15) is 13.2 Å². The molecule has 1 atom stereocenters. The summed E-state index contributed by atoms with van der Waals surface area (Å²) in [5, 5.41) is 7.31. The highest BCUT2D eigenvalue weighted by atomic mass is 16.5. The van der Waals surface area contributed by atoms with Crippen LogP contribution >= 0.6 is 0 Å². The van der Waals surface area contributed by atoms with Gasteiger partial charge in [-0.15, -0.1) is 0 Å².